The van der Waals surface area contributed by atoms with Gasteiger partial charge in [0.25, 0.3) is 20.2 Å². The quantitative estimate of drug-likeness (QED) is 0.0531. The van der Waals surface area contributed by atoms with Gasteiger partial charge in [0, 0.05) is 48.1 Å². The maximum Gasteiger partial charge on any atom is 0.472 e. The monoisotopic (exact) mass is 1030 g/mol. The van der Waals surface area contributed by atoms with Crippen LogP contribution in [-0.2, 0) is 53.6 Å². The number of rotatable bonds is 15. The van der Waals surface area contributed by atoms with Gasteiger partial charge in [-0.3, -0.25) is 38.4 Å². The lowest BCUT2D eigenvalue weighted by Gasteiger charge is -2.34. The van der Waals surface area contributed by atoms with E-state index in [9.17, 15) is 50.1 Å². The van der Waals surface area contributed by atoms with Crippen molar-refractivity contribution < 1.29 is 68.5 Å². The van der Waals surface area contributed by atoms with Gasteiger partial charge in [0.1, 0.15) is 48.8 Å². The van der Waals surface area contributed by atoms with Crippen LogP contribution in [0, 0.1) is 11.3 Å². The van der Waals surface area contributed by atoms with Crippen LogP contribution in [-0.4, -0.2) is 149 Å². The summed E-state index contributed by atoms with van der Waals surface area (Å²) in [5.74, 6) is -0.875. The number of phosphoric acid groups is 1. The first-order valence-electron chi connectivity index (χ1n) is 22.2. The number of carbonyl (C=O) groups excluding carboxylic acids is 2. The molecule has 11 atom stereocenters. The van der Waals surface area contributed by atoms with Crippen molar-refractivity contribution in [2.24, 2.45) is 22.1 Å². The van der Waals surface area contributed by atoms with Crippen LogP contribution in [0.4, 0.5) is 5.69 Å². The molecule has 1 aromatic rings. The van der Waals surface area contributed by atoms with Crippen molar-refractivity contribution in [3.05, 3.63) is 70.8 Å². The minimum atomic E-state index is -4.52. The first-order chi connectivity index (χ1) is 31.9. The van der Waals surface area contributed by atoms with Gasteiger partial charge in [-0.1, -0.05) is 32.1 Å². The Bertz CT molecular complexity index is 2710. The Morgan fingerprint density at radius 3 is 2.62 bits per heavy atom. The summed E-state index contributed by atoms with van der Waals surface area (Å²) in [6.07, 6.45) is 6.16. The lowest BCUT2D eigenvalue weighted by molar-refractivity contribution is -0.546. The maximum absolute atomic E-state index is 13.4. The predicted molar refractivity (Wildman–Crippen MR) is 250 cm³/mol. The van der Waals surface area contributed by atoms with Crippen molar-refractivity contribution in [2.45, 2.75) is 112 Å². The number of phosphoric ester groups is 1. The molecule has 0 saturated carbocycles. The third-order valence-corrected chi connectivity index (χ3v) is 17.7. The number of hydrogen-bond donors (Lipinski definition) is 8. The number of hydrogen-bond acceptors (Lipinski definition) is 17. The van der Waals surface area contributed by atoms with Gasteiger partial charge in [0.15, 0.2) is 17.7 Å². The molecule has 3 saturated heterocycles. The zero-order valence-corrected chi connectivity index (χ0v) is 41.3. The third kappa shape index (κ3) is 9.42. The summed E-state index contributed by atoms with van der Waals surface area (Å²) in [7, 11) is -13.4. The van der Waals surface area contributed by atoms with E-state index in [1.807, 2.05) is 57.7 Å². The molecule has 68 heavy (non-hydrogen) atoms. The van der Waals surface area contributed by atoms with Gasteiger partial charge >= 0.3 is 7.82 Å². The summed E-state index contributed by atoms with van der Waals surface area (Å²) >= 11 is 1.30. The number of nitrogens with one attached hydrogen (secondary N) is 3. The highest BCUT2D eigenvalue weighted by molar-refractivity contribution is 7.99. The minimum Gasteiger partial charge on any atom is -0.386 e. The summed E-state index contributed by atoms with van der Waals surface area (Å²) in [5.41, 5.74) is 7.34. The van der Waals surface area contributed by atoms with Crippen LogP contribution in [0.5, 0.6) is 0 Å². The van der Waals surface area contributed by atoms with Crippen molar-refractivity contribution >= 4 is 69.0 Å². The number of aliphatic hydroxyl groups is 1. The molecule has 0 aromatic heterocycles. The lowest BCUT2D eigenvalue weighted by atomic mass is 9.68. The van der Waals surface area contributed by atoms with Gasteiger partial charge in [-0.15, -0.1) is 11.8 Å². The van der Waals surface area contributed by atoms with Gasteiger partial charge < -0.3 is 30.7 Å². The number of allylic oxidation sites excluding steroid dienone is 5. The highest BCUT2D eigenvalue weighted by atomic mass is 32.2. The average molecular weight is 1030 g/mol. The fraction of sp³-hybridized carbons (Fsp3) is 0.571. The molecule has 8 rings (SSSR count). The Morgan fingerprint density at radius 2 is 1.93 bits per heavy atom. The van der Waals surface area contributed by atoms with Crippen LogP contribution >= 0.6 is 19.6 Å². The van der Waals surface area contributed by atoms with Gasteiger partial charge in [-0.25, -0.2) is 19.0 Å². The van der Waals surface area contributed by atoms with Gasteiger partial charge in [0.2, 0.25) is 11.8 Å². The van der Waals surface area contributed by atoms with E-state index >= 15 is 0 Å². The highest BCUT2D eigenvalue weighted by Gasteiger charge is 2.59. The van der Waals surface area contributed by atoms with Crippen LogP contribution in [0.15, 0.2) is 75.1 Å². The van der Waals surface area contributed by atoms with Gasteiger partial charge in [0.05, 0.1) is 27.7 Å². The molecule has 1 aliphatic carbocycles. The van der Waals surface area contributed by atoms with Crippen molar-refractivity contribution in [1.82, 2.24) is 20.9 Å². The number of nitrogens with two attached hydrogens (primary N) is 1. The number of anilines is 1. The molecule has 22 nitrogen and oxygen atoms in total. The fourth-order valence-corrected chi connectivity index (χ4v) is 13.8. The first kappa shape index (κ1) is 50.6. The summed E-state index contributed by atoms with van der Waals surface area (Å²) in [5, 5.41) is 19.9. The Balaban J connectivity index is 0.951. The molecular weight excluding hydrogens is 968 g/mol. The smallest absolute Gasteiger partial charge is 0.386 e. The van der Waals surface area contributed by atoms with Crippen molar-refractivity contribution in [3.63, 3.8) is 0 Å². The van der Waals surface area contributed by atoms with Crippen LogP contribution in [0.3, 0.4) is 0 Å². The SMILES string of the molecule is CCN1C(=CC=CC2=[N+](CC)C3C=CC(S(=O)(=O)O)=CC3C2(C)CCCC(=O)NCCSC2NC3C(=O)NC(N)=NC3N2C2OC3COP(=O)(O)OC3[C@@H]2O)C(C)(C)c2ccc(S(=O)(=O)O)cc21. The number of nitrogens with zero attached hydrogens (tertiary/aromatic N) is 4. The predicted octanol–water partition coefficient (Wildman–Crippen LogP) is 1.26. The second kappa shape index (κ2) is 18.7. The number of amides is 2. The second-order valence-corrected chi connectivity index (χ2v) is 23.7. The number of aliphatic hydroxyl groups excluding tert-OH is 1. The van der Waals surface area contributed by atoms with E-state index in [2.05, 4.69) is 25.5 Å². The number of likely N-dealkylation sites (N-methyl/N-ethyl adjacent to an activating group) is 2. The molecule has 6 aliphatic heterocycles. The number of benzene rings is 1. The van der Waals surface area contributed by atoms with E-state index in [0.29, 0.717) is 37.4 Å². The normalized spacial score (nSPS) is 35.0. The third-order valence-electron chi connectivity index (χ3n) is 13.8. The molecule has 10 unspecified atom stereocenters. The highest BCUT2D eigenvalue weighted by Crippen LogP contribution is 2.53. The van der Waals surface area contributed by atoms with Crippen LogP contribution in [0.25, 0.3) is 0 Å². The van der Waals surface area contributed by atoms with E-state index in [1.54, 1.807) is 23.1 Å². The molecule has 0 spiro atoms. The summed E-state index contributed by atoms with van der Waals surface area (Å²) in [4.78, 5) is 43.9. The van der Waals surface area contributed by atoms with Crippen LogP contribution in [0.2, 0.25) is 0 Å². The van der Waals surface area contributed by atoms with E-state index in [0.717, 1.165) is 17.0 Å². The summed E-state index contributed by atoms with van der Waals surface area (Å²) < 4.78 is 99.2. The van der Waals surface area contributed by atoms with Crippen molar-refractivity contribution in [2.75, 3.05) is 36.9 Å². The fourth-order valence-electron chi connectivity index (χ4n) is 10.6. The standard InChI is InChI=1S/C42H57N8O14PS3/c1-6-48-27-16-14-23(67(56,57)58)20-26(27)42(5,31(48)11-8-10-30-41(3,4)25-15-13-24(68(59,60)61)21-28(25)49(30)7-2)17-9-12-32(51)44-18-19-66-40-45-33-36(46-39(43)47-37(33)53)50(40)38-34(52)35-29(63-38)22-62-65(54,55)64-35/h8,10-11,13-16,20-21,26-27,29,33-36,38,40,45,52H,6-7,9,12,17-19,22H2,1-5H3,(H6-,43,44,46,47,51,53,54,55,56,57,58,59,60,61)/p+1/t26?,27?,29?,33?,34-,35?,36?,38?,40?,42?/m0/s1. The van der Waals surface area contributed by atoms with Gasteiger partial charge in [-0.2, -0.15) is 16.8 Å². The van der Waals surface area contributed by atoms with Crippen molar-refractivity contribution in [1.29, 1.82) is 0 Å². The Morgan fingerprint density at radius 1 is 1.18 bits per heavy atom. The molecule has 26 heteroatoms. The molecule has 2 amide bonds. The average Bonchev–Trinajstić information content (AvgIpc) is 3.92. The zero-order valence-electron chi connectivity index (χ0n) is 38.0. The van der Waals surface area contributed by atoms with E-state index in [-0.39, 0.29) is 53.2 Å². The van der Waals surface area contributed by atoms with E-state index in [1.165, 1.54) is 30.0 Å². The molecule has 1 aromatic carbocycles. The van der Waals surface area contributed by atoms with E-state index in [4.69, 9.17) is 19.5 Å². The largest absolute Gasteiger partial charge is 0.472 e. The molecule has 9 N–H and O–H groups in total. The summed E-state index contributed by atoms with van der Waals surface area (Å²) in [6.45, 7) is 11.0. The van der Waals surface area contributed by atoms with Crippen molar-refractivity contribution in [3.8, 4) is 0 Å². The van der Waals surface area contributed by atoms with E-state index < -0.39 is 87.0 Å². The van der Waals surface area contributed by atoms with Crippen LogP contribution in [0.1, 0.15) is 59.4 Å². The number of carbonyl (C=O) groups is 2. The molecular formula is C42H58N8O14PS3+. The molecule has 0 bridgehead atoms. The first-order valence-corrected chi connectivity index (χ1v) is 27.7. The second-order valence-electron chi connectivity index (χ2n) is 18.3. The molecule has 3 fully saturated rings. The Labute approximate surface area is 398 Å². The Kier molecular flexibility index (Phi) is 13.9. The topological polar surface area (TPSA) is 312 Å². The Hall–Kier alpha value is -3.82. The lowest BCUT2D eigenvalue weighted by Crippen LogP contribution is -2.57. The summed E-state index contributed by atoms with van der Waals surface area (Å²) in [6, 6.07) is 3.46. The molecule has 0 radical (unpaired) electrons. The van der Waals surface area contributed by atoms with Gasteiger partial charge in [-0.05, 0) is 69.5 Å². The number of ether oxygens (including phenoxy) is 1. The number of aliphatic imine (C=N–C) groups is 1. The van der Waals surface area contributed by atoms with Crippen LogP contribution < -0.4 is 26.6 Å². The number of thioether (sulfide) groups is 1. The molecule has 7 aliphatic rings. The molecule has 6 heterocycles. The minimum absolute atomic E-state index is 0.132. The maximum atomic E-state index is 13.4. The number of guanidine groups is 1. The number of fused-ring (bicyclic) bond motifs is 4. The zero-order chi connectivity index (χ0) is 49.3. The molecule has 372 valence electrons.